The van der Waals surface area contributed by atoms with Crippen LogP contribution < -0.4 is 5.73 Å². The average Bonchev–Trinajstić information content (AvgIpc) is 2.14. The summed E-state index contributed by atoms with van der Waals surface area (Å²) in [4.78, 5) is 0. The van der Waals surface area contributed by atoms with Gasteiger partial charge in [-0.3, -0.25) is 0 Å². The molecule has 0 unspecified atom stereocenters. The Labute approximate surface area is 85.1 Å². The maximum absolute atomic E-state index is 9.79. The minimum atomic E-state index is -0.785. The molecule has 0 spiro atoms. The molecule has 14 heavy (non-hydrogen) atoms. The summed E-state index contributed by atoms with van der Waals surface area (Å²) in [6.45, 7) is 4.09. The highest BCUT2D eigenvalue weighted by atomic mass is 16.3. The van der Waals surface area contributed by atoms with Crippen LogP contribution in [-0.2, 0) is 5.60 Å². The van der Waals surface area contributed by atoms with E-state index < -0.39 is 5.60 Å². The Hall–Kier alpha value is -1.12. The predicted molar refractivity (Wildman–Crippen MR) is 59.8 cm³/mol. The van der Waals surface area contributed by atoms with Crippen molar-refractivity contribution in [3.8, 4) is 0 Å². The molecule has 0 heterocycles. The Morgan fingerprint density at radius 2 is 2.14 bits per heavy atom. The summed E-state index contributed by atoms with van der Waals surface area (Å²) >= 11 is 0. The van der Waals surface area contributed by atoms with Gasteiger partial charge in [0.2, 0.25) is 0 Å². The molecule has 0 saturated heterocycles. The fourth-order valence-electron chi connectivity index (χ4n) is 1.23. The normalized spacial score (nSPS) is 12.3. The van der Waals surface area contributed by atoms with Crippen molar-refractivity contribution >= 4 is 6.08 Å². The molecule has 0 aromatic heterocycles. The second kappa shape index (κ2) is 4.40. The monoisotopic (exact) mass is 191 g/mol. The van der Waals surface area contributed by atoms with Gasteiger partial charge in [0.25, 0.3) is 0 Å². The van der Waals surface area contributed by atoms with Gasteiger partial charge in [0.05, 0.1) is 5.60 Å². The highest BCUT2D eigenvalue weighted by molar-refractivity contribution is 5.51. The minimum absolute atomic E-state index is 0.534. The SMILES string of the molecule is CC(C)(O)c1cccc(/C=C/CN)c1. The lowest BCUT2D eigenvalue weighted by atomic mass is 9.96. The summed E-state index contributed by atoms with van der Waals surface area (Å²) in [5.74, 6) is 0. The van der Waals surface area contributed by atoms with Gasteiger partial charge in [-0.15, -0.1) is 0 Å². The van der Waals surface area contributed by atoms with Gasteiger partial charge in [-0.25, -0.2) is 0 Å². The van der Waals surface area contributed by atoms with Crippen LogP contribution >= 0.6 is 0 Å². The molecule has 1 rings (SSSR count). The third kappa shape index (κ3) is 2.98. The second-order valence-electron chi connectivity index (χ2n) is 3.82. The smallest absolute Gasteiger partial charge is 0.0840 e. The molecule has 2 heteroatoms. The molecule has 1 aromatic carbocycles. The zero-order valence-corrected chi connectivity index (χ0v) is 8.70. The summed E-state index contributed by atoms with van der Waals surface area (Å²) in [6.07, 6.45) is 3.85. The van der Waals surface area contributed by atoms with Gasteiger partial charge in [-0.2, -0.15) is 0 Å². The van der Waals surface area contributed by atoms with E-state index in [0.717, 1.165) is 11.1 Å². The number of nitrogens with two attached hydrogens (primary N) is 1. The van der Waals surface area contributed by atoms with Crippen molar-refractivity contribution in [3.63, 3.8) is 0 Å². The molecule has 0 saturated carbocycles. The van der Waals surface area contributed by atoms with Gasteiger partial charge in [-0.05, 0) is 31.0 Å². The number of hydrogen-bond acceptors (Lipinski definition) is 2. The number of rotatable bonds is 3. The van der Waals surface area contributed by atoms with Crippen LogP contribution in [0.1, 0.15) is 25.0 Å². The first-order chi connectivity index (χ1) is 6.54. The minimum Gasteiger partial charge on any atom is -0.386 e. The lowest BCUT2D eigenvalue weighted by Gasteiger charge is -2.17. The molecular formula is C12H17NO. The summed E-state index contributed by atoms with van der Waals surface area (Å²) in [5.41, 5.74) is 6.56. The van der Waals surface area contributed by atoms with E-state index >= 15 is 0 Å². The molecule has 0 aliphatic rings. The Balaban J connectivity index is 2.96. The Morgan fingerprint density at radius 1 is 1.43 bits per heavy atom. The van der Waals surface area contributed by atoms with Gasteiger partial charge in [0.1, 0.15) is 0 Å². The Morgan fingerprint density at radius 3 is 2.71 bits per heavy atom. The second-order valence-corrected chi connectivity index (χ2v) is 3.82. The van der Waals surface area contributed by atoms with Crippen molar-refractivity contribution in [2.24, 2.45) is 5.73 Å². The molecular weight excluding hydrogens is 174 g/mol. The molecule has 2 nitrogen and oxygen atoms in total. The first-order valence-electron chi connectivity index (χ1n) is 4.73. The van der Waals surface area contributed by atoms with Gasteiger partial charge in [0.15, 0.2) is 0 Å². The number of hydrogen-bond donors (Lipinski definition) is 2. The van der Waals surface area contributed by atoms with Crippen LogP contribution in [0.25, 0.3) is 6.08 Å². The van der Waals surface area contributed by atoms with Crippen molar-refractivity contribution in [1.82, 2.24) is 0 Å². The van der Waals surface area contributed by atoms with Crippen molar-refractivity contribution in [3.05, 3.63) is 41.5 Å². The van der Waals surface area contributed by atoms with E-state index in [4.69, 9.17) is 5.73 Å². The topological polar surface area (TPSA) is 46.2 Å². The van der Waals surface area contributed by atoms with E-state index in [0.29, 0.717) is 6.54 Å². The molecule has 0 atom stereocenters. The fraction of sp³-hybridized carbons (Fsp3) is 0.333. The average molecular weight is 191 g/mol. The standard InChI is InChI=1S/C12H17NO/c1-12(2,14)11-7-3-5-10(9-11)6-4-8-13/h3-7,9,14H,8,13H2,1-2H3/b6-4+. The van der Waals surface area contributed by atoms with E-state index in [2.05, 4.69) is 0 Å². The Bertz CT molecular complexity index is 323. The first kappa shape index (κ1) is 11.0. The maximum atomic E-state index is 9.79. The summed E-state index contributed by atoms with van der Waals surface area (Å²) in [5, 5.41) is 9.79. The predicted octanol–water partition coefficient (Wildman–Crippen LogP) is 1.89. The van der Waals surface area contributed by atoms with E-state index in [-0.39, 0.29) is 0 Å². The highest BCUT2D eigenvalue weighted by Gasteiger charge is 2.14. The van der Waals surface area contributed by atoms with Gasteiger partial charge in [-0.1, -0.05) is 30.4 Å². The summed E-state index contributed by atoms with van der Waals surface area (Å²) in [7, 11) is 0. The summed E-state index contributed by atoms with van der Waals surface area (Å²) < 4.78 is 0. The molecule has 76 valence electrons. The van der Waals surface area contributed by atoms with Crippen molar-refractivity contribution < 1.29 is 5.11 Å². The quantitative estimate of drug-likeness (QED) is 0.766. The van der Waals surface area contributed by atoms with Crippen LogP contribution in [0.3, 0.4) is 0 Å². The third-order valence-electron chi connectivity index (χ3n) is 2.04. The zero-order valence-electron chi connectivity index (χ0n) is 8.70. The van der Waals surface area contributed by atoms with Gasteiger partial charge >= 0.3 is 0 Å². The molecule has 1 aromatic rings. The molecule has 0 aliphatic carbocycles. The third-order valence-corrected chi connectivity index (χ3v) is 2.04. The molecule has 3 N–H and O–H groups in total. The number of benzene rings is 1. The molecule has 0 radical (unpaired) electrons. The van der Waals surface area contributed by atoms with Crippen LogP contribution in [0.15, 0.2) is 30.3 Å². The Kier molecular flexibility index (Phi) is 3.44. The highest BCUT2D eigenvalue weighted by Crippen LogP contribution is 2.20. The molecule has 0 amide bonds. The maximum Gasteiger partial charge on any atom is 0.0840 e. The van der Waals surface area contributed by atoms with Crippen LogP contribution in [-0.4, -0.2) is 11.7 Å². The van der Waals surface area contributed by atoms with Gasteiger partial charge < -0.3 is 10.8 Å². The lowest BCUT2D eigenvalue weighted by Crippen LogP contribution is -2.15. The lowest BCUT2D eigenvalue weighted by molar-refractivity contribution is 0.0786. The number of aliphatic hydroxyl groups is 1. The van der Waals surface area contributed by atoms with Crippen LogP contribution in [0, 0.1) is 0 Å². The van der Waals surface area contributed by atoms with Crippen molar-refractivity contribution in [2.75, 3.05) is 6.54 Å². The molecule has 0 fully saturated rings. The van der Waals surface area contributed by atoms with E-state index in [9.17, 15) is 5.11 Å². The molecule has 0 aliphatic heterocycles. The van der Waals surface area contributed by atoms with Crippen LogP contribution in [0.4, 0.5) is 0 Å². The van der Waals surface area contributed by atoms with Gasteiger partial charge in [0, 0.05) is 6.54 Å². The van der Waals surface area contributed by atoms with E-state index in [1.165, 1.54) is 0 Å². The van der Waals surface area contributed by atoms with Crippen molar-refractivity contribution in [2.45, 2.75) is 19.4 Å². The van der Waals surface area contributed by atoms with E-state index in [1.807, 2.05) is 36.4 Å². The molecule has 0 bridgehead atoms. The first-order valence-corrected chi connectivity index (χ1v) is 4.73. The largest absolute Gasteiger partial charge is 0.386 e. The van der Waals surface area contributed by atoms with Crippen LogP contribution in [0.2, 0.25) is 0 Å². The van der Waals surface area contributed by atoms with Crippen LogP contribution in [0.5, 0.6) is 0 Å². The van der Waals surface area contributed by atoms with E-state index in [1.54, 1.807) is 13.8 Å². The fourth-order valence-corrected chi connectivity index (χ4v) is 1.23. The summed E-state index contributed by atoms with van der Waals surface area (Å²) in [6, 6.07) is 7.80. The van der Waals surface area contributed by atoms with Crippen molar-refractivity contribution in [1.29, 1.82) is 0 Å². The zero-order chi connectivity index (χ0) is 10.6.